The van der Waals surface area contributed by atoms with Crippen molar-refractivity contribution in [2.45, 2.75) is 26.8 Å². The molecule has 142 valence electrons. The lowest BCUT2D eigenvalue weighted by atomic mass is 10.1. The van der Waals surface area contributed by atoms with Gasteiger partial charge in [-0.05, 0) is 36.9 Å². The SMILES string of the molecule is C=CC1CC1(C)/C=C/NC=NCc1c(C(C)=O)sc2nccc(N(C)C)c12. The molecule has 1 fully saturated rings. The van der Waals surface area contributed by atoms with Crippen LogP contribution in [0.3, 0.4) is 0 Å². The van der Waals surface area contributed by atoms with Crippen LogP contribution in [0.4, 0.5) is 5.69 Å². The Bertz CT molecular complexity index is 928. The quantitative estimate of drug-likeness (QED) is 0.318. The highest BCUT2D eigenvalue weighted by molar-refractivity contribution is 7.20. The van der Waals surface area contributed by atoms with Gasteiger partial charge in [-0.1, -0.05) is 19.1 Å². The Morgan fingerprint density at radius 1 is 1.56 bits per heavy atom. The van der Waals surface area contributed by atoms with E-state index in [4.69, 9.17) is 0 Å². The lowest BCUT2D eigenvalue weighted by Crippen LogP contribution is -2.09. The molecule has 6 heteroatoms. The van der Waals surface area contributed by atoms with Crippen molar-refractivity contribution in [1.82, 2.24) is 10.3 Å². The van der Waals surface area contributed by atoms with E-state index in [1.54, 1.807) is 19.5 Å². The van der Waals surface area contributed by atoms with Crippen molar-refractivity contribution < 1.29 is 4.79 Å². The Morgan fingerprint density at radius 2 is 2.33 bits per heavy atom. The number of fused-ring (bicyclic) bond motifs is 1. The number of carbonyl (C=O) groups excluding carboxylic acids is 1. The fourth-order valence-corrected chi connectivity index (χ4v) is 4.37. The molecule has 2 atom stereocenters. The first-order valence-corrected chi connectivity index (χ1v) is 9.82. The van der Waals surface area contributed by atoms with Crippen LogP contribution < -0.4 is 10.2 Å². The Kier molecular flexibility index (Phi) is 5.46. The van der Waals surface area contributed by atoms with E-state index in [0.717, 1.165) is 32.8 Å². The largest absolute Gasteiger partial charge is 0.377 e. The summed E-state index contributed by atoms with van der Waals surface area (Å²) in [5, 5.41) is 4.13. The van der Waals surface area contributed by atoms with Crippen LogP contribution in [0.2, 0.25) is 0 Å². The molecule has 27 heavy (non-hydrogen) atoms. The van der Waals surface area contributed by atoms with Crippen LogP contribution in [-0.4, -0.2) is 31.2 Å². The van der Waals surface area contributed by atoms with Crippen molar-refractivity contribution in [3.63, 3.8) is 0 Å². The van der Waals surface area contributed by atoms with Crippen molar-refractivity contribution in [3.05, 3.63) is 47.6 Å². The maximum atomic E-state index is 12.1. The van der Waals surface area contributed by atoms with Crippen LogP contribution in [0, 0.1) is 11.3 Å². The second kappa shape index (κ2) is 7.64. The smallest absolute Gasteiger partial charge is 0.170 e. The molecule has 1 saturated carbocycles. The third kappa shape index (κ3) is 3.95. The van der Waals surface area contributed by atoms with E-state index in [1.807, 2.05) is 37.3 Å². The lowest BCUT2D eigenvalue weighted by Gasteiger charge is -2.14. The fourth-order valence-electron chi connectivity index (χ4n) is 3.30. The minimum absolute atomic E-state index is 0.0536. The number of pyridine rings is 1. The van der Waals surface area contributed by atoms with Gasteiger partial charge in [0, 0.05) is 36.9 Å². The molecule has 2 aromatic rings. The van der Waals surface area contributed by atoms with Crippen LogP contribution in [0.25, 0.3) is 10.2 Å². The molecule has 0 saturated heterocycles. The van der Waals surface area contributed by atoms with Gasteiger partial charge in [-0.2, -0.15) is 0 Å². The van der Waals surface area contributed by atoms with E-state index in [1.165, 1.54) is 11.3 Å². The number of allylic oxidation sites excluding steroid dienone is 2. The first kappa shape index (κ1) is 19.3. The van der Waals surface area contributed by atoms with E-state index in [0.29, 0.717) is 12.5 Å². The van der Waals surface area contributed by atoms with Gasteiger partial charge < -0.3 is 10.2 Å². The van der Waals surface area contributed by atoms with Crippen molar-refractivity contribution in [3.8, 4) is 0 Å². The van der Waals surface area contributed by atoms with E-state index in [9.17, 15) is 4.79 Å². The Labute approximate surface area is 164 Å². The first-order valence-electron chi connectivity index (χ1n) is 9.00. The molecule has 1 N–H and O–H groups in total. The summed E-state index contributed by atoms with van der Waals surface area (Å²) < 4.78 is 0. The van der Waals surface area contributed by atoms with Crippen molar-refractivity contribution in [2.24, 2.45) is 16.3 Å². The Balaban J connectivity index is 1.77. The molecule has 3 rings (SSSR count). The summed E-state index contributed by atoms with van der Waals surface area (Å²) in [6.45, 7) is 8.12. The number of aliphatic imine (C=N–C) groups is 1. The average molecular weight is 383 g/mol. The van der Waals surface area contributed by atoms with Gasteiger partial charge in [0.1, 0.15) is 4.83 Å². The average Bonchev–Trinajstić information content (AvgIpc) is 3.14. The second-order valence-corrected chi connectivity index (χ2v) is 8.39. The number of thiophene rings is 1. The molecule has 1 aliphatic rings. The molecule has 0 aromatic carbocycles. The van der Waals surface area contributed by atoms with E-state index in [-0.39, 0.29) is 11.2 Å². The van der Waals surface area contributed by atoms with Gasteiger partial charge >= 0.3 is 0 Å². The van der Waals surface area contributed by atoms with E-state index in [2.05, 4.69) is 34.9 Å². The molecule has 2 aromatic heterocycles. The molecule has 5 nitrogen and oxygen atoms in total. The minimum Gasteiger partial charge on any atom is -0.377 e. The van der Waals surface area contributed by atoms with Crippen LogP contribution in [-0.2, 0) is 6.54 Å². The number of aromatic nitrogens is 1. The van der Waals surface area contributed by atoms with Gasteiger partial charge in [-0.3, -0.25) is 9.79 Å². The standard InChI is InChI=1S/C21H26N4OS/c1-6-15-11-21(15,3)8-10-22-13-23-12-16-18-17(25(4)5)7-9-24-20(18)27-19(16)14(2)26/h6-10,13,15H,1,11-12H2,2-5H3,(H,22,23)/b10-8+. The number of hydrogen-bond acceptors (Lipinski definition) is 5. The van der Waals surface area contributed by atoms with Gasteiger partial charge in [0.15, 0.2) is 5.78 Å². The van der Waals surface area contributed by atoms with Crippen LogP contribution in [0.15, 0.2) is 42.2 Å². The molecule has 0 radical (unpaired) electrons. The number of nitrogens with zero attached hydrogens (tertiary/aromatic N) is 3. The summed E-state index contributed by atoms with van der Waals surface area (Å²) in [5.74, 6) is 0.623. The van der Waals surface area contributed by atoms with Crippen molar-refractivity contribution >= 4 is 39.4 Å². The van der Waals surface area contributed by atoms with Crippen LogP contribution >= 0.6 is 11.3 Å². The van der Waals surface area contributed by atoms with Gasteiger partial charge in [0.25, 0.3) is 0 Å². The van der Waals surface area contributed by atoms with Crippen molar-refractivity contribution in [2.75, 3.05) is 19.0 Å². The maximum absolute atomic E-state index is 12.1. The number of carbonyl (C=O) groups is 1. The summed E-state index contributed by atoms with van der Waals surface area (Å²) >= 11 is 1.44. The predicted octanol–water partition coefficient (Wildman–Crippen LogP) is 4.41. The second-order valence-electron chi connectivity index (χ2n) is 7.39. The van der Waals surface area contributed by atoms with Gasteiger partial charge in [0.2, 0.25) is 0 Å². The normalized spacial score (nSPS) is 21.9. The molecule has 0 amide bonds. The molecule has 0 spiro atoms. The number of ketones is 1. The zero-order chi connectivity index (χ0) is 19.6. The minimum atomic E-state index is 0.0536. The molecular weight excluding hydrogens is 356 g/mol. The third-order valence-electron chi connectivity index (χ3n) is 5.08. The molecular formula is C21H26N4OS. The highest BCUT2D eigenvalue weighted by Crippen LogP contribution is 2.53. The summed E-state index contributed by atoms with van der Waals surface area (Å²) in [6.07, 6.45) is 10.7. The van der Waals surface area contributed by atoms with E-state index < -0.39 is 0 Å². The highest BCUT2D eigenvalue weighted by Gasteiger charge is 2.45. The van der Waals surface area contributed by atoms with Gasteiger partial charge in [0.05, 0.1) is 17.8 Å². The molecule has 0 bridgehead atoms. The molecule has 2 unspecified atom stereocenters. The lowest BCUT2D eigenvalue weighted by molar-refractivity contribution is 0.102. The zero-order valence-electron chi connectivity index (χ0n) is 16.3. The number of anilines is 1. The van der Waals surface area contributed by atoms with Gasteiger partial charge in [-0.25, -0.2) is 4.98 Å². The van der Waals surface area contributed by atoms with Crippen molar-refractivity contribution in [1.29, 1.82) is 0 Å². The predicted molar refractivity (Wildman–Crippen MR) is 115 cm³/mol. The highest BCUT2D eigenvalue weighted by atomic mass is 32.1. The van der Waals surface area contributed by atoms with Crippen LogP contribution in [0.1, 0.15) is 35.5 Å². The topological polar surface area (TPSA) is 57.6 Å². The molecule has 0 aliphatic heterocycles. The van der Waals surface area contributed by atoms with Crippen LogP contribution in [0.5, 0.6) is 0 Å². The number of rotatable bonds is 8. The molecule has 1 aliphatic carbocycles. The third-order valence-corrected chi connectivity index (χ3v) is 6.32. The number of Topliss-reactive ketones (excluding diaryl/α,β-unsaturated/α-hetero) is 1. The fraction of sp³-hybridized carbons (Fsp3) is 0.381. The molecule has 2 heterocycles. The summed E-state index contributed by atoms with van der Waals surface area (Å²) in [4.78, 5) is 24.7. The first-order chi connectivity index (χ1) is 12.9. The summed E-state index contributed by atoms with van der Waals surface area (Å²) in [7, 11) is 3.99. The monoisotopic (exact) mass is 382 g/mol. The Morgan fingerprint density at radius 3 is 2.96 bits per heavy atom. The van der Waals surface area contributed by atoms with Gasteiger partial charge in [-0.15, -0.1) is 17.9 Å². The maximum Gasteiger partial charge on any atom is 0.170 e. The number of nitrogens with one attached hydrogen (secondary N) is 1. The van der Waals surface area contributed by atoms with E-state index >= 15 is 0 Å². The number of hydrogen-bond donors (Lipinski definition) is 1. The summed E-state index contributed by atoms with van der Waals surface area (Å²) in [6, 6.07) is 1.97. The zero-order valence-corrected chi connectivity index (χ0v) is 17.1. The summed E-state index contributed by atoms with van der Waals surface area (Å²) in [5.41, 5.74) is 2.22. The Hall–Kier alpha value is -2.47.